The highest BCUT2D eigenvalue weighted by atomic mass is 79.9. The van der Waals surface area contributed by atoms with E-state index >= 15 is 0 Å². The van der Waals surface area contributed by atoms with Crippen molar-refractivity contribution < 1.29 is 13.9 Å². The fourth-order valence-electron chi connectivity index (χ4n) is 1.47. The summed E-state index contributed by atoms with van der Waals surface area (Å²) in [6.07, 6.45) is 0.642. The number of aldehydes is 1. The molecule has 0 aliphatic carbocycles. The van der Waals surface area contributed by atoms with Crippen molar-refractivity contribution in [2.24, 2.45) is 0 Å². The van der Waals surface area contributed by atoms with Crippen LogP contribution in [0.2, 0.25) is 0 Å². The zero-order valence-corrected chi connectivity index (χ0v) is 11.1. The molecule has 0 unspecified atom stereocenters. The molecule has 2 aromatic carbocycles. The van der Waals surface area contributed by atoms with Gasteiger partial charge in [-0.2, -0.15) is 5.26 Å². The van der Waals surface area contributed by atoms with Crippen molar-refractivity contribution in [1.82, 2.24) is 0 Å². The normalized spacial score (nSPS) is 9.74. The Kier molecular flexibility index (Phi) is 3.93. The van der Waals surface area contributed by atoms with Crippen LogP contribution in [0.5, 0.6) is 11.5 Å². The van der Waals surface area contributed by atoms with Crippen molar-refractivity contribution >= 4 is 22.2 Å². The number of nitrogens with zero attached hydrogens (tertiary/aromatic N) is 1. The number of carbonyl (C=O) groups excluding carboxylic acids is 1. The summed E-state index contributed by atoms with van der Waals surface area (Å²) in [5.74, 6) is 0.0796. The van der Waals surface area contributed by atoms with Gasteiger partial charge in [-0.3, -0.25) is 4.79 Å². The Balaban J connectivity index is 2.41. The maximum Gasteiger partial charge on any atom is 0.150 e. The van der Waals surface area contributed by atoms with Gasteiger partial charge in [0.15, 0.2) is 0 Å². The predicted octanol–water partition coefficient (Wildman–Crippen LogP) is 4.06. The van der Waals surface area contributed by atoms with Gasteiger partial charge >= 0.3 is 0 Å². The first-order chi connectivity index (χ1) is 9.13. The maximum absolute atomic E-state index is 13.1. The smallest absolute Gasteiger partial charge is 0.150 e. The van der Waals surface area contributed by atoms with Crippen LogP contribution in [-0.4, -0.2) is 6.29 Å². The van der Waals surface area contributed by atoms with Crippen molar-refractivity contribution in [3.8, 4) is 17.6 Å². The summed E-state index contributed by atoms with van der Waals surface area (Å²) in [6.45, 7) is 0. The molecule has 2 rings (SSSR count). The highest BCUT2D eigenvalue weighted by Crippen LogP contribution is 2.32. The molecule has 94 valence electrons. The van der Waals surface area contributed by atoms with Crippen LogP contribution in [0.4, 0.5) is 4.39 Å². The zero-order valence-electron chi connectivity index (χ0n) is 9.56. The molecule has 0 amide bonds. The van der Waals surface area contributed by atoms with Crippen LogP contribution < -0.4 is 4.74 Å². The number of rotatable bonds is 3. The second-order valence-electron chi connectivity index (χ2n) is 3.66. The molecule has 0 spiro atoms. The molecule has 2 aromatic rings. The first-order valence-corrected chi connectivity index (χ1v) is 6.05. The van der Waals surface area contributed by atoms with Crippen molar-refractivity contribution in [2.75, 3.05) is 0 Å². The van der Waals surface area contributed by atoms with E-state index < -0.39 is 5.82 Å². The minimum atomic E-state index is -0.443. The van der Waals surface area contributed by atoms with Gasteiger partial charge in [0.2, 0.25) is 0 Å². The van der Waals surface area contributed by atoms with Crippen molar-refractivity contribution in [1.29, 1.82) is 5.26 Å². The number of hydrogen-bond donors (Lipinski definition) is 0. The Labute approximate surface area is 117 Å². The Bertz CT molecular complexity index is 680. The summed E-state index contributed by atoms with van der Waals surface area (Å²) in [4.78, 5) is 10.6. The Morgan fingerprint density at radius 3 is 2.68 bits per heavy atom. The van der Waals surface area contributed by atoms with Gasteiger partial charge in [-0.1, -0.05) is 0 Å². The van der Waals surface area contributed by atoms with E-state index in [4.69, 9.17) is 10.00 Å². The minimum absolute atomic E-state index is 0.209. The molecule has 0 aliphatic heterocycles. The summed E-state index contributed by atoms with van der Waals surface area (Å²) < 4.78 is 19.2. The van der Waals surface area contributed by atoms with Crippen molar-refractivity contribution in [3.05, 3.63) is 57.8 Å². The van der Waals surface area contributed by atoms with E-state index in [1.54, 1.807) is 0 Å². The molecule has 0 saturated heterocycles. The second kappa shape index (κ2) is 5.63. The van der Waals surface area contributed by atoms with Crippen LogP contribution in [0.1, 0.15) is 15.9 Å². The lowest BCUT2D eigenvalue weighted by Gasteiger charge is -2.09. The minimum Gasteiger partial charge on any atom is -0.455 e. The van der Waals surface area contributed by atoms with Gasteiger partial charge in [0.1, 0.15) is 29.7 Å². The van der Waals surface area contributed by atoms with Crippen LogP contribution in [0.15, 0.2) is 40.9 Å². The summed E-state index contributed by atoms with van der Waals surface area (Å²) in [7, 11) is 0. The summed E-state index contributed by atoms with van der Waals surface area (Å²) >= 11 is 3.23. The van der Waals surface area contributed by atoms with E-state index in [-0.39, 0.29) is 17.1 Å². The first-order valence-electron chi connectivity index (χ1n) is 5.26. The van der Waals surface area contributed by atoms with Gasteiger partial charge in [0.05, 0.1) is 10.0 Å². The fourth-order valence-corrected chi connectivity index (χ4v) is 1.80. The number of nitriles is 1. The topological polar surface area (TPSA) is 50.1 Å². The molecule has 0 radical (unpaired) electrons. The SMILES string of the molecule is N#Cc1cc(C=O)ccc1Oc1cc(F)ccc1Br. The van der Waals surface area contributed by atoms with Crippen LogP contribution in [-0.2, 0) is 0 Å². The van der Waals surface area contributed by atoms with E-state index in [9.17, 15) is 9.18 Å². The molecular formula is C14H7BrFNO2. The van der Waals surface area contributed by atoms with E-state index in [1.165, 1.54) is 36.4 Å². The third-order valence-corrected chi connectivity index (χ3v) is 3.03. The molecule has 0 heterocycles. The standard InChI is InChI=1S/C14H7BrFNO2/c15-12-3-2-11(16)6-14(12)19-13-4-1-9(8-18)5-10(13)7-17/h1-6,8H. The molecule has 0 atom stereocenters. The second-order valence-corrected chi connectivity index (χ2v) is 4.52. The van der Waals surface area contributed by atoms with Crippen LogP contribution in [0.3, 0.4) is 0 Å². The molecule has 0 fully saturated rings. The predicted molar refractivity (Wildman–Crippen MR) is 70.7 cm³/mol. The number of ether oxygens (including phenoxy) is 1. The highest BCUT2D eigenvalue weighted by Gasteiger charge is 2.09. The monoisotopic (exact) mass is 319 g/mol. The quantitative estimate of drug-likeness (QED) is 0.801. The van der Waals surface area contributed by atoms with E-state index in [0.29, 0.717) is 16.3 Å². The number of hydrogen-bond acceptors (Lipinski definition) is 3. The average Bonchev–Trinajstić information content (AvgIpc) is 2.43. The first kappa shape index (κ1) is 13.2. The fraction of sp³-hybridized carbons (Fsp3) is 0. The lowest BCUT2D eigenvalue weighted by Crippen LogP contribution is -1.92. The molecule has 19 heavy (non-hydrogen) atoms. The van der Waals surface area contributed by atoms with E-state index in [0.717, 1.165) is 0 Å². The number of benzene rings is 2. The van der Waals surface area contributed by atoms with Gasteiger partial charge in [-0.15, -0.1) is 0 Å². The molecule has 0 bridgehead atoms. The van der Waals surface area contributed by atoms with Gasteiger partial charge < -0.3 is 4.74 Å². The Hall–Kier alpha value is -2.19. The molecule has 0 saturated carbocycles. The van der Waals surface area contributed by atoms with Gasteiger partial charge in [0, 0.05) is 11.6 Å². The molecule has 0 aromatic heterocycles. The lowest BCUT2D eigenvalue weighted by molar-refractivity contribution is 0.112. The Morgan fingerprint density at radius 1 is 1.21 bits per heavy atom. The highest BCUT2D eigenvalue weighted by molar-refractivity contribution is 9.10. The molecule has 3 nitrogen and oxygen atoms in total. The van der Waals surface area contributed by atoms with Crippen LogP contribution in [0.25, 0.3) is 0 Å². The third-order valence-electron chi connectivity index (χ3n) is 2.37. The molecule has 0 N–H and O–H groups in total. The summed E-state index contributed by atoms with van der Waals surface area (Å²) in [5, 5.41) is 9.01. The largest absolute Gasteiger partial charge is 0.455 e. The maximum atomic E-state index is 13.1. The summed E-state index contributed by atoms with van der Waals surface area (Å²) in [5.41, 5.74) is 0.586. The average molecular weight is 320 g/mol. The van der Waals surface area contributed by atoms with Gasteiger partial charge in [-0.25, -0.2) is 4.39 Å². The van der Waals surface area contributed by atoms with Crippen LogP contribution in [0, 0.1) is 17.1 Å². The molecular weight excluding hydrogens is 313 g/mol. The number of halogens is 2. The summed E-state index contributed by atoms with van der Waals surface area (Å²) in [6, 6.07) is 10.4. The lowest BCUT2D eigenvalue weighted by atomic mass is 10.1. The molecule has 5 heteroatoms. The van der Waals surface area contributed by atoms with Gasteiger partial charge in [0.25, 0.3) is 0 Å². The number of carbonyl (C=O) groups is 1. The van der Waals surface area contributed by atoms with Crippen molar-refractivity contribution in [3.63, 3.8) is 0 Å². The van der Waals surface area contributed by atoms with Crippen molar-refractivity contribution in [2.45, 2.75) is 0 Å². The molecule has 0 aliphatic rings. The van der Waals surface area contributed by atoms with E-state index in [1.807, 2.05) is 6.07 Å². The zero-order chi connectivity index (χ0) is 13.8. The van der Waals surface area contributed by atoms with Gasteiger partial charge in [-0.05, 0) is 46.3 Å². The van der Waals surface area contributed by atoms with Crippen LogP contribution >= 0.6 is 15.9 Å². The third kappa shape index (κ3) is 2.98. The van der Waals surface area contributed by atoms with E-state index in [2.05, 4.69) is 15.9 Å². The Morgan fingerprint density at radius 2 is 2.00 bits per heavy atom.